The molecule has 0 radical (unpaired) electrons. The average molecular weight is 412 g/mol. The Labute approximate surface area is 173 Å². The summed E-state index contributed by atoms with van der Waals surface area (Å²) < 4.78 is 18.5. The van der Waals surface area contributed by atoms with Crippen LogP contribution in [0.3, 0.4) is 0 Å². The van der Waals surface area contributed by atoms with Crippen LogP contribution in [0.2, 0.25) is 0 Å². The highest BCUT2D eigenvalue weighted by molar-refractivity contribution is 5.79. The number of nitrogens with one attached hydrogen (secondary N) is 2. The molecule has 1 fully saturated rings. The van der Waals surface area contributed by atoms with Crippen LogP contribution in [-0.4, -0.2) is 50.9 Å². The zero-order valence-electron chi connectivity index (χ0n) is 17.1. The van der Waals surface area contributed by atoms with Gasteiger partial charge >= 0.3 is 0 Å². The molecule has 2 aromatic heterocycles. The number of hydrogen-bond acceptors (Lipinski definition) is 6. The number of methoxy groups -OCH3 is 1. The minimum Gasteiger partial charge on any atom is -0.481 e. The van der Waals surface area contributed by atoms with Crippen LogP contribution in [0, 0.1) is 11.7 Å². The van der Waals surface area contributed by atoms with Crippen molar-refractivity contribution in [2.75, 3.05) is 19.5 Å². The summed E-state index contributed by atoms with van der Waals surface area (Å²) in [5.41, 5.74) is 1.33. The predicted molar refractivity (Wildman–Crippen MR) is 110 cm³/mol. The van der Waals surface area contributed by atoms with Gasteiger partial charge in [-0.15, -0.1) is 0 Å². The van der Waals surface area contributed by atoms with E-state index in [1.807, 2.05) is 0 Å². The SMILES string of the molecule is COc1ccnc(NC2CCC(C(=O)N(C)Cc3nc4ccc(F)cc4[nH]3)CC2)n1. The third-order valence-electron chi connectivity index (χ3n) is 5.50. The van der Waals surface area contributed by atoms with Crippen molar-refractivity contribution in [3.63, 3.8) is 0 Å². The van der Waals surface area contributed by atoms with Crippen LogP contribution in [0.15, 0.2) is 30.5 Å². The molecule has 0 bridgehead atoms. The molecule has 4 rings (SSSR count). The second-order valence-electron chi connectivity index (χ2n) is 7.65. The van der Waals surface area contributed by atoms with Gasteiger partial charge in [0.15, 0.2) is 0 Å². The maximum absolute atomic E-state index is 13.4. The summed E-state index contributed by atoms with van der Waals surface area (Å²) in [6.07, 6.45) is 5.00. The maximum atomic E-state index is 13.4. The standard InChI is InChI=1S/C21H25FN6O2/c1-28(12-18-25-16-8-5-14(22)11-17(16)26-18)20(29)13-3-6-15(7-4-13)24-21-23-10-9-19(27-21)30-2/h5,8-11,13,15H,3-4,6-7,12H2,1-2H3,(H,25,26)(H,23,24,27). The number of carbonyl (C=O) groups is 1. The van der Waals surface area contributed by atoms with E-state index < -0.39 is 0 Å². The highest BCUT2D eigenvalue weighted by Crippen LogP contribution is 2.28. The Bertz CT molecular complexity index is 1030. The summed E-state index contributed by atoms with van der Waals surface area (Å²) in [5, 5.41) is 3.33. The fraction of sp³-hybridized carbons (Fsp3) is 0.429. The molecule has 158 valence electrons. The number of imidazole rings is 1. The number of hydrogen-bond donors (Lipinski definition) is 2. The first-order chi connectivity index (χ1) is 14.5. The number of aromatic amines is 1. The summed E-state index contributed by atoms with van der Waals surface area (Å²) in [6, 6.07) is 6.36. The third-order valence-corrected chi connectivity index (χ3v) is 5.50. The van der Waals surface area contributed by atoms with Crippen LogP contribution < -0.4 is 10.1 Å². The van der Waals surface area contributed by atoms with Gasteiger partial charge in [-0.25, -0.2) is 14.4 Å². The summed E-state index contributed by atoms with van der Waals surface area (Å²) in [6.45, 7) is 0.366. The zero-order chi connectivity index (χ0) is 21.1. The van der Waals surface area contributed by atoms with Gasteiger partial charge in [0.1, 0.15) is 11.6 Å². The van der Waals surface area contributed by atoms with E-state index in [0.717, 1.165) is 25.7 Å². The van der Waals surface area contributed by atoms with Crippen molar-refractivity contribution in [1.29, 1.82) is 0 Å². The fourth-order valence-electron chi connectivity index (χ4n) is 3.92. The fourth-order valence-corrected chi connectivity index (χ4v) is 3.92. The van der Waals surface area contributed by atoms with Crippen molar-refractivity contribution in [1.82, 2.24) is 24.8 Å². The van der Waals surface area contributed by atoms with Crippen LogP contribution in [-0.2, 0) is 11.3 Å². The van der Waals surface area contributed by atoms with E-state index >= 15 is 0 Å². The first kappa shape index (κ1) is 20.1. The second-order valence-corrected chi connectivity index (χ2v) is 7.65. The molecule has 3 aromatic rings. The zero-order valence-corrected chi connectivity index (χ0v) is 17.1. The largest absolute Gasteiger partial charge is 0.481 e. The first-order valence-electron chi connectivity index (χ1n) is 10.0. The van der Waals surface area contributed by atoms with Crippen molar-refractivity contribution in [3.05, 3.63) is 42.1 Å². The van der Waals surface area contributed by atoms with E-state index in [-0.39, 0.29) is 23.7 Å². The van der Waals surface area contributed by atoms with Gasteiger partial charge in [0, 0.05) is 31.3 Å². The topological polar surface area (TPSA) is 96.0 Å². The van der Waals surface area contributed by atoms with Crippen molar-refractivity contribution >= 4 is 22.9 Å². The average Bonchev–Trinajstić information content (AvgIpc) is 3.15. The number of halogens is 1. The number of aromatic nitrogens is 4. The quantitative estimate of drug-likeness (QED) is 0.646. The first-order valence-corrected chi connectivity index (χ1v) is 10.0. The Morgan fingerprint density at radius 3 is 2.83 bits per heavy atom. The van der Waals surface area contributed by atoms with Gasteiger partial charge in [-0.3, -0.25) is 4.79 Å². The molecule has 0 saturated heterocycles. The predicted octanol–water partition coefficient (Wildman–Crippen LogP) is 3.13. The Balaban J connectivity index is 1.30. The number of carbonyl (C=O) groups excluding carboxylic acids is 1. The molecule has 1 saturated carbocycles. The molecule has 8 nitrogen and oxygen atoms in total. The lowest BCUT2D eigenvalue weighted by molar-refractivity contribution is -0.135. The number of rotatable bonds is 6. The third kappa shape index (κ3) is 4.50. The number of nitrogens with zero attached hydrogens (tertiary/aromatic N) is 4. The molecule has 30 heavy (non-hydrogen) atoms. The summed E-state index contributed by atoms with van der Waals surface area (Å²) in [5.74, 6) is 1.50. The monoisotopic (exact) mass is 412 g/mol. The van der Waals surface area contributed by atoms with E-state index in [0.29, 0.717) is 35.2 Å². The maximum Gasteiger partial charge on any atom is 0.226 e. The normalized spacial score (nSPS) is 18.9. The Hall–Kier alpha value is -3.23. The molecule has 0 atom stereocenters. The number of anilines is 1. The molecule has 0 unspecified atom stereocenters. The van der Waals surface area contributed by atoms with E-state index in [4.69, 9.17) is 4.74 Å². The minimum atomic E-state index is -0.313. The number of ether oxygens (including phenoxy) is 1. The highest BCUT2D eigenvalue weighted by atomic mass is 19.1. The lowest BCUT2D eigenvalue weighted by Crippen LogP contribution is -2.37. The van der Waals surface area contributed by atoms with E-state index in [2.05, 4.69) is 25.3 Å². The van der Waals surface area contributed by atoms with Gasteiger partial charge in [-0.2, -0.15) is 4.98 Å². The number of H-pyrrole nitrogens is 1. The number of benzene rings is 1. The molecule has 0 aliphatic heterocycles. The van der Waals surface area contributed by atoms with E-state index in [9.17, 15) is 9.18 Å². The van der Waals surface area contributed by atoms with Gasteiger partial charge < -0.3 is 19.9 Å². The second kappa shape index (κ2) is 8.64. The van der Waals surface area contributed by atoms with Crippen molar-refractivity contribution in [3.8, 4) is 5.88 Å². The Kier molecular flexibility index (Phi) is 5.78. The minimum absolute atomic E-state index is 0.0129. The summed E-state index contributed by atoms with van der Waals surface area (Å²) in [7, 11) is 3.35. The van der Waals surface area contributed by atoms with Gasteiger partial charge in [-0.05, 0) is 43.9 Å². The molecule has 1 amide bonds. The van der Waals surface area contributed by atoms with Gasteiger partial charge in [0.05, 0.1) is 24.7 Å². The molecule has 1 aromatic carbocycles. The molecule has 1 aliphatic rings. The van der Waals surface area contributed by atoms with E-state index in [1.54, 1.807) is 37.4 Å². The van der Waals surface area contributed by atoms with Crippen molar-refractivity contribution in [2.45, 2.75) is 38.3 Å². The van der Waals surface area contributed by atoms with Crippen LogP contribution in [0.25, 0.3) is 11.0 Å². The van der Waals surface area contributed by atoms with Gasteiger partial charge in [0.2, 0.25) is 17.7 Å². The molecule has 9 heteroatoms. The molecule has 2 heterocycles. The molecule has 1 aliphatic carbocycles. The van der Waals surface area contributed by atoms with Crippen LogP contribution >= 0.6 is 0 Å². The molecule has 0 spiro atoms. The lowest BCUT2D eigenvalue weighted by atomic mass is 9.85. The Morgan fingerprint density at radius 1 is 1.27 bits per heavy atom. The van der Waals surface area contributed by atoms with Crippen LogP contribution in [0.5, 0.6) is 5.88 Å². The van der Waals surface area contributed by atoms with Crippen LogP contribution in [0.4, 0.5) is 10.3 Å². The Morgan fingerprint density at radius 2 is 2.07 bits per heavy atom. The molecular formula is C21H25FN6O2. The number of amides is 1. The molecular weight excluding hydrogens is 387 g/mol. The smallest absolute Gasteiger partial charge is 0.226 e. The summed E-state index contributed by atoms with van der Waals surface area (Å²) in [4.78, 5) is 30.6. The summed E-state index contributed by atoms with van der Waals surface area (Å²) >= 11 is 0. The highest BCUT2D eigenvalue weighted by Gasteiger charge is 2.29. The molecule has 2 N–H and O–H groups in total. The number of fused-ring (bicyclic) bond motifs is 1. The van der Waals surface area contributed by atoms with Crippen molar-refractivity contribution < 1.29 is 13.9 Å². The van der Waals surface area contributed by atoms with Crippen molar-refractivity contribution in [2.24, 2.45) is 5.92 Å². The van der Waals surface area contributed by atoms with E-state index in [1.165, 1.54) is 12.1 Å². The van der Waals surface area contributed by atoms with Gasteiger partial charge in [-0.1, -0.05) is 0 Å². The lowest BCUT2D eigenvalue weighted by Gasteiger charge is -2.30. The van der Waals surface area contributed by atoms with Crippen LogP contribution in [0.1, 0.15) is 31.5 Å². The van der Waals surface area contributed by atoms with Gasteiger partial charge in [0.25, 0.3) is 0 Å².